The predicted octanol–water partition coefficient (Wildman–Crippen LogP) is 2.88. The quantitative estimate of drug-likeness (QED) is 0.791. The first-order valence-electron chi connectivity index (χ1n) is 6.86. The molecule has 1 heterocycles. The monoisotopic (exact) mass is 232 g/mol. The molecule has 2 rings (SSSR count). The van der Waals surface area contributed by atoms with E-state index in [1.807, 2.05) is 0 Å². The molecule has 0 unspecified atom stereocenters. The molecule has 0 radical (unpaired) electrons. The molecule has 94 valence electrons. The lowest BCUT2D eigenvalue weighted by molar-refractivity contribution is 0.742. The van der Waals surface area contributed by atoms with Crippen LogP contribution >= 0.6 is 0 Å². The van der Waals surface area contributed by atoms with Crippen LogP contribution in [0, 0.1) is 6.92 Å². The second-order valence-corrected chi connectivity index (χ2v) is 5.07. The molecule has 2 nitrogen and oxygen atoms in total. The van der Waals surface area contributed by atoms with Crippen LogP contribution in [0.1, 0.15) is 36.8 Å². The third kappa shape index (κ3) is 3.22. The minimum Gasteiger partial charge on any atom is -0.371 e. The first-order valence-corrected chi connectivity index (χ1v) is 6.86. The number of anilines is 1. The summed E-state index contributed by atoms with van der Waals surface area (Å²) in [5, 5.41) is 0. The second kappa shape index (κ2) is 6.06. The van der Waals surface area contributed by atoms with Crippen LogP contribution in [0.25, 0.3) is 0 Å². The van der Waals surface area contributed by atoms with Crippen molar-refractivity contribution in [3.8, 4) is 0 Å². The van der Waals surface area contributed by atoms with E-state index in [1.54, 1.807) is 0 Å². The zero-order valence-corrected chi connectivity index (χ0v) is 10.9. The number of aryl methyl sites for hydroxylation is 2. The summed E-state index contributed by atoms with van der Waals surface area (Å²) in [6, 6.07) is 6.89. The molecule has 0 atom stereocenters. The molecule has 1 aromatic carbocycles. The molecule has 0 bridgehead atoms. The number of nitrogens with zero attached hydrogens (tertiary/aromatic N) is 1. The van der Waals surface area contributed by atoms with Crippen LogP contribution in [-0.2, 0) is 6.42 Å². The van der Waals surface area contributed by atoms with Crippen LogP contribution in [0.3, 0.4) is 0 Å². The molecule has 1 fully saturated rings. The summed E-state index contributed by atoms with van der Waals surface area (Å²) in [7, 11) is 0. The van der Waals surface area contributed by atoms with Gasteiger partial charge in [-0.15, -0.1) is 0 Å². The normalized spacial score (nSPS) is 15.5. The Hall–Kier alpha value is -1.02. The van der Waals surface area contributed by atoms with Gasteiger partial charge in [-0.25, -0.2) is 0 Å². The molecular formula is C15H24N2. The Morgan fingerprint density at radius 2 is 1.94 bits per heavy atom. The van der Waals surface area contributed by atoms with Crippen molar-refractivity contribution in [2.24, 2.45) is 5.73 Å². The molecule has 0 saturated carbocycles. The summed E-state index contributed by atoms with van der Waals surface area (Å²) in [5.74, 6) is 0. The van der Waals surface area contributed by atoms with Gasteiger partial charge in [-0.05, 0) is 57.2 Å². The molecule has 0 amide bonds. The van der Waals surface area contributed by atoms with E-state index in [4.69, 9.17) is 5.73 Å². The lowest BCUT2D eigenvalue weighted by Gasteiger charge is -2.22. The fraction of sp³-hybridized carbons (Fsp3) is 0.600. The average Bonchev–Trinajstić information content (AvgIpc) is 2.83. The fourth-order valence-electron chi connectivity index (χ4n) is 2.64. The van der Waals surface area contributed by atoms with Gasteiger partial charge in [0.2, 0.25) is 0 Å². The number of benzene rings is 1. The van der Waals surface area contributed by atoms with Crippen molar-refractivity contribution in [3.63, 3.8) is 0 Å². The highest BCUT2D eigenvalue weighted by Gasteiger charge is 2.15. The van der Waals surface area contributed by atoms with Gasteiger partial charge in [0, 0.05) is 18.8 Å². The Bertz CT molecular complexity index is 354. The maximum atomic E-state index is 5.57. The molecule has 1 aliphatic rings. The van der Waals surface area contributed by atoms with Crippen molar-refractivity contribution in [2.75, 3.05) is 24.5 Å². The highest BCUT2D eigenvalue weighted by Crippen LogP contribution is 2.26. The topological polar surface area (TPSA) is 29.3 Å². The molecule has 1 aliphatic heterocycles. The summed E-state index contributed by atoms with van der Waals surface area (Å²) in [4.78, 5) is 2.54. The van der Waals surface area contributed by atoms with E-state index in [-0.39, 0.29) is 0 Å². The van der Waals surface area contributed by atoms with E-state index in [0.717, 1.165) is 13.0 Å². The summed E-state index contributed by atoms with van der Waals surface area (Å²) >= 11 is 0. The molecular weight excluding hydrogens is 208 g/mol. The third-order valence-electron chi connectivity index (χ3n) is 3.58. The summed E-state index contributed by atoms with van der Waals surface area (Å²) in [5.41, 5.74) is 9.92. The highest BCUT2D eigenvalue weighted by atomic mass is 15.1. The van der Waals surface area contributed by atoms with Crippen LogP contribution < -0.4 is 10.6 Å². The van der Waals surface area contributed by atoms with Gasteiger partial charge in [0.1, 0.15) is 0 Å². The smallest absolute Gasteiger partial charge is 0.0398 e. The third-order valence-corrected chi connectivity index (χ3v) is 3.58. The predicted molar refractivity (Wildman–Crippen MR) is 74.6 cm³/mol. The zero-order valence-electron chi connectivity index (χ0n) is 10.9. The Morgan fingerprint density at radius 1 is 1.18 bits per heavy atom. The van der Waals surface area contributed by atoms with Crippen LogP contribution in [0.2, 0.25) is 0 Å². The number of nitrogens with two attached hydrogens (primary N) is 1. The van der Waals surface area contributed by atoms with Crippen LogP contribution in [0.5, 0.6) is 0 Å². The number of unbranched alkanes of at least 4 members (excludes halogenated alkanes) is 1. The Kier molecular flexibility index (Phi) is 4.43. The lowest BCUT2D eigenvalue weighted by atomic mass is 10.0. The van der Waals surface area contributed by atoms with E-state index in [0.29, 0.717) is 0 Å². The number of rotatable bonds is 5. The molecule has 0 spiro atoms. The van der Waals surface area contributed by atoms with Crippen LogP contribution in [0.4, 0.5) is 5.69 Å². The van der Waals surface area contributed by atoms with Crippen molar-refractivity contribution in [3.05, 3.63) is 29.3 Å². The van der Waals surface area contributed by atoms with Gasteiger partial charge in [-0.3, -0.25) is 0 Å². The molecule has 17 heavy (non-hydrogen) atoms. The van der Waals surface area contributed by atoms with Gasteiger partial charge < -0.3 is 10.6 Å². The molecule has 0 aromatic heterocycles. The molecule has 2 N–H and O–H groups in total. The number of hydrogen-bond donors (Lipinski definition) is 1. The summed E-state index contributed by atoms with van der Waals surface area (Å²) < 4.78 is 0. The first kappa shape index (κ1) is 12.4. The molecule has 1 aromatic rings. The molecule has 1 saturated heterocycles. The van der Waals surface area contributed by atoms with E-state index < -0.39 is 0 Å². The van der Waals surface area contributed by atoms with Crippen molar-refractivity contribution in [2.45, 2.75) is 39.0 Å². The Balaban J connectivity index is 2.12. The van der Waals surface area contributed by atoms with Crippen LogP contribution in [-0.4, -0.2) is 19.6 Å². The Morgan fingerprint density at radius 3 is 2.65 bits per heavy atom. The fourth-order valence-corrected chi connectivity index (χ4v) is 2.64. The van der Waals surface area contributed by atoms with Gasteiger partial charge in [0.15, 0.2) is 0 Å². The van der Waals surface area contributed by atoms with E-state index in [2.05, 4.69) is 30.0 Å². The van der Waals surface area contributed by atoms with Crippen molar-refractivity contribution < 1.29 is 0 Å². The minimum absolute atomic E-state index is 0.810. The maximum Gasteiger partial charge on any atom is 0.0398 e. The van der Waals surface area contributed by atoms with Gasteiger partial charge in [-0.2, -0.15) is 0 Å². The molecule has 2 heteroatoms. The molecule has 0 aliphatic carbocycles. The lowest BCUT2D eigenvalue weighted by Crippen LogP contribution is -2.19. The van der Waals surface area contributed by atoms with Crippen LogP contribution in [0.15, 0.2) is 18.2 Å². The largest absolute Gasteiger partial charge is 0.371 e. The second-order valence-electron chi connectivity index (χ2n) is 5.07. The SMILES string of the molecule is Cc1ccc(N2CCCC2)c(CCCCN)c1. The van der Waals surface area contributed by atoms with Crippen molar-refractivity contribution in [1.82, 2.24) is 0 Å². The number of hydrogen-bond acceptors (Lipinski definition) is 2. The summed E-state index contributed by atoms with van der Waals surface area (Å²) in [6.07, 6.45) is 6.20. The summed E-state index contributed by atoms with van der Waals surface area (Å²) in [6.45, 7) is 5.45. The van der Waals surface area contributed by atoms with E-state index >= 15 is 0 Å². The Labute approximate surface area is 105 Å². The standard InChI is InChI=1S/C15H24N2/c1-13-7-8-15(17-10-4-5-11-17)14(12-13)6-2-3-9-16/h7-8,12H,2-6,9-11,16H2,1H3. The van der Waals surface area contributed by atoms with Gasteiger partial charge >= 0.3 is 0 Å². The van der Waals surface area contributed by atoms with E-state index in [1.165, 1.54) is 55.6 Å². The van der Waals surface area contributed by atoms with Gasteiger partial charge in [-0.1, -0.05) is 17.7 Å². The van der Waals surface area contributed by atoms with Gasteiger partial charge in [0.05, 0.1) is 0 Å². The average molecular weight is 232 g/mol. The van der Waals surface area contributed by atoms with Crippen molar-refractivity contribution in [1.29, 1.82) is 0 Å². The first-order chi connectivity index (χ1) is 8.31. The van der Waals surface area contributed by atoms with E-state index in [9.17, 15) is 0 Å². The van der Waals surface area contributed by atoms with Crippen molar-refractivity contribution >= 4 is 5.69 Å². The maximum absolute atomic E-state index is 5.57. The highest BCUT2D eigenvalue weighted by molar-refractivity contribution is 5.55. The minimum atomic E-state index is 0.810. The zero-order chi connectivity index (χ0) is 12.1. The van der Waals surface area contributed by atoms with Gasteiger partial charge in [0.25, 0.3) is 0 Å².